The maximum atomic E-state index is 2.27. The quantitative estimate of drug-likeness (QED) is 0.600. The van der Waals surface area contributed by atoms with E-state index in [1.54, 1.807) is 11.1 Å². The molecule has 0 heterocycles. The molecule has 1 aliphatic rings. The summed E-state index contributed by atoms with van der Waals surface area (Å²) < 4.78 is 0. The lowest BCUT2D eigenvalue weighted by atomic mass is 9.89. The van der Waals surface area contributed by atoms with Gasteiger partial charge in [0, 0.05) is 0 Å². The predicted octanol–water partition coefficient (Wildman–Crippen LogP) is 6.34. The zero-order valence-corrected chi connectivity index (χ0v) is 12.7. The summed E-state index contributed by atoms with van der Waals surface area (Å²) in [5, 5.41) is 0. The van der Waals surface area contributed by atoms with E-state index in [-0.39, 0.29) is 0 Å². The number of allylic oxidation sites excluding steroid dienone is 2. The van der Waals surface area contributed by atoms with Gasteiger partial charge in [-0.05, 0) is 48.0 Å². The molecule has 0 heteroatoms. The Morgan fingerprint density at radius 1 is 0.429 bits per heavy atom. The van der Waals surface area contributed by atoms with Crippen LogP contribution in [0.2, 0.25) is 0 Å². The lowest BCUT2D eigenvalue weighted by molar-refractivity contribution is 0.634. The number of hydrogen-bond donors (Lipinski definition) is 0. The standard InChI is InChI=1S/C21H24/c1-2-10-16-20(18-12-6-4-7-13-18)21(17-11-3-1)19-14-8-5-9-15-19/h4-9,12-15H,1-3,10-11,16-17H2/b21-20-. The molecule has 0 aliphatic heterocycles. The lowest BCUT2D eigenvalue weighted by Gasteiger charge is -2.16. The third-order valence-electron chi connectivity index (χ3n) is 4.46. The van der Waals surface area contributed by atoms with E-state index >= 15 is 0 Å². The topological polar surface area (TPSA) is 0 Å². The molecular weight excluding hydrogens is 252 g/mol. The monoisotopic (exact) mass is 276 g/mol. The molecule has 0 bridgehead atoms. The van der Waals surface area contributed by atoms with Crippen LogP contribution in [-0.4, -0.2) is 0 Å². The molecule has 3 rings (SSSR count). The van der Waals surface area contributed by atoms with Crippen LogP contribution < -0.4 is 0 Å². The van der Waals surface area contributed by atoms with Crippen LogP contribution in [0.3, 0.4) is 0 Å². The summed E-state index contributed by atoms with van der Waals surface area (Å²) in [5.41, 5.74) is 5.98. The first-order chi connectivity index (χ1) is 10.4. The maximum Gasteiger partial charge on any atom is -0.0222 e. The summed E-state index contributed by atoms with van der Waals surface area (Å²) >= 11 is 0. The molecule has 0 atom stereocenters. The van der Waals surface area contributed by atoms with Crippen molar-refractivity contribution in [1.29, 1.82) is 0 Å². The molecule has 0 spiro atoms. The van der Waals surface area contributed by atoms with Crippen LogP contribution in [0.15, 0.2) is 60.7 Å². The summed E-state index contributed by atoms with van der Waals surface area (Å²) in [6.07, 6.45) is 9.21. The van der Waals surface area contributed by atoms with E-state index in [4.69, 9.17) is 0 Å². The molecule has 0 amide bonds. The smallest absolute Gasteiger partial charge is 0.0222 e. The van der Waals surface area contributed by atoms with E-state index in [9.17, 15) is 0 Å². The van der Waals surface area contributed by atoms with Crippen molar-refractivity contribution in [3.8, 4) is 0 Å². The Morgan fingerprint density at radius 2 is 0.810 bits per heavy atom. The minimum atomic E-state index is 1.22. The molecule has 0 fully saturated rings. The fourth-order valence-electron chi connectivity index (χ4n) is 3.35. The van der Waals surface area contributed by atoms with Crippen molar-refractivity contribution in [3.63, 3.8) is 0 Å². The molecule has 0 N–H and O–H groups in total. The molecule has 0 radical (unpaired) electrons. The van der Waals surface area contributed by atoms with Gasteiger partial charge in [0.2, 0.25) is 0 Å². The van der Waals surface area contributed by atoms with Gasteiger partial charge in [-0.3, -0.25) is 0 Å². The van der Waals surface area contributed by atoms with Crippen molar-refractivity contribution in [1.82, 2.24) is 0 Å². The van der Waals surface area contributed by atoms with Gasteiger partial charge in [0.05, 0.1) is 0 Å². The van der Waals surface area contributed by atoms with Crippen LogP contribution in [0.4, 0.5) is 0 Å². The van der Waals surface area contributed by atoms with E-state index in [0.29, 0.717) is 0 Å². The van der Waals surface area contributed by atoms with Gasteiger partial charge in [0.15, 0.2) is 0 Å². The Morgan fingerprint density at radius 3 is 1.24 bits per heavy atom. The van der Waals surface area contributed by atoms with E-state index in [1.165, 1.54) is 56.1 Å². The highest BCUT2D eigenvalue weighted by Gasteiger charge is 2.13. The van der Waals surface area contributed by atoms with Gasteiger partial charge >= 0.3 is 0 Å². The van der Waals surface area contributed by atoms with Crippen molar-refractivity contribution < 1.29 is 0 Å². The van der Waals surface area contributed by atoms with Gasteiger partial charge in [-0.15, -0.1) is 0 Å². The van der Waals surface area contributed by atoms with Crippen molar-refractivity contribution in [2.24, 2.45) is 0 Å². The van der Waals surface area contributed by atoms with E-state index in [2.05, 4.69) is 60.7 Å². The highest BCUT2D eigenvalue weighted by Crippen LogP contribution is 2.35. The first kappa shape index (κ1) is 14.1. The highest BCUT2D eigenvalue weighted by atomic mass is 14.2. The number of rotatable bonds is 2. The maximum absolute atomic E-state index is 2.27. The third-order valence-corrected chi connectivity index (χ3v) is 4.46. The van der Waals surface area contributed by atoms with E-state index in [0.717, 1.165) is 0 Å². The van der Waals surface area contributed by atoms with Crippen molar-refractivity contribution >= 4 is 11.1 Å². The van der Waals surface area contributed by atoms with Gasteiger partial charge in [0.1, 0.15) is 0 Å². The highest BCUT2D eigenvalue weighted by molar-refractivity contribution is 5.90. The minimum absolute atomic E-state index is 1.22. The number of hydrogen-bond acceptors (Lipinski definition) is 0. The zero-order valence-electron chi connectivity index (χ0n) is 12.7. The molecule has 0 unspecified atom stereocenters. The number of benzene rings is 2. The average molecular weight is 276 g/mol. The second-order valence-corrected chi connectivity index (χ2v) is 5.96. The Hall–Kier alpha value is -1.82. The Balaban J connectivity index is 2.07. The molecular formula is C21H24. The molecule has 21 heavy (non-hydrogen) atoms. The molecule has 2 aromatic carbocycles. The second-order valence-electron chi connectivity index (χ2n) is 5.96. The normalized spacial score (nSPS) is 20.4. The van der Waals surface area contributed by atoms with Gasteiger partial charge in [-0.25, -0.2) is 0 Å². The molecule has 1 aliphatic carbocycles. The Bertz CT molecular complexity index is 524. The van der Waals surface area contributed by atoms with Crippen LogP contribution in [0, 0.1) is 0 Å². The summed E-state index contributed by atoms with van der Waals surface area (Å²) in [4.78, 5) is 0. The summed E-state index contributed by atoms with van der Waals surface area (Å²) in [5.74, 6) is 0. The zero-order chi connectivity index (χ0) is 14.3. The van der Waals surface area contributed by atoms with Crippen LogP contribution in [-0.2, 0) is 0 Å². The molecule has 2 aromatic rings. The Labute approximate surface area is 128 Å². The summed E-state index contributed by atoms with van der Waals surface area (Å²) in [7, 11) is 0. The van der Waals surface area contributed by atoms with Gasteiger partial charge in [-0.1, -0.05) is 79.9 Å². The molecule has 0 nitrogen and oxygen atoms in total. The van der Waals surface area contributed by atoms with Crippen molar-refractivity contribution in [3.05, 3.63) is 71.8 Å². The van der Waals surface area contributed by atoms with Gasteiger partial charge in [0.25, 0.3) is 0 Å². The first-order valence-electron chi connectivity index (χ1n) is 8.28. The second kappa shape index (κ2) is 7.26. The SMILES string of the molecule is c1ccc(/C2=C(\c3ccccc3)CCCCCCC2)cc1. The Kier molecular flexibility index (Phi) is 4.89. The van der Waals surface area contributed by atoms with E-state index in [1.807, 2.05) is 0 Å². The fraction of sp³-hybridized carbons (Fsp3) is 0.333. The fourth-order valence-corrected chi connectivity index (χ4v) is 3.35. The van der Waals surface area contributed by atoms with Crippen LogP contribution in [0.25, 0.3) is 11.1 Å². The first-order valence-corrected chi connectivity index (χ1v) is 8.28. The predicted molar refractivity (Wildman–Crippen MR) is 92.0 cm³/mol. The van der Waals surface area contributed by atoms with Crippen LogP contribution >= 0.6 is 0 Å². The molecule has 0 saturated heterocycles. The van der Waals surface area contributed by atoms with Crippen molar-refractivity contribution in [2.45, 2.75) is 44.9 Å². The van der Waals surface area contributed by atoms with Gasteiger partial charge < -0.3 is 0 Å². The molecule has 108 valence electrons. The largest absolute Gasteiger partial charge is 0.0622 e. The average Bonchev–Trinajstić information content (AvgIpc) is 2.68. The van der Waals surface area contributed by atoms with Gasteiger partial charge in [-0.2, -0.15) is 0 Å². The van der Waals surface area contributed by atoms with Crippen LogP contribution in [0.1, 0.15) is 56.1 Å². The molecule has 0 aromatic heterocycles. The summed E-state index contributed by atoms with van der Waals surface area (Å²) in [6.45, 7) is 0. The van der Waals surface area contributed by atoms with E-state index < -0.39 is 0 Å². The minimum Gasteiger partial charge on any atom is -0.0622 e. The van der Waals surface area contributed by atoms with Crippen LogP contribution in [0.5, 0.6) is 0 Å². The molecule has 0 saturated carbocycles. The summed E-state index contributed by atoms with van der Waals surface area (Å²) in [6, 6.07) is 22.0. The third kappa shape index (κ3) is 3.64. The van der Waals surface area contributed by atoms with Crippen molar-refractivity contribution in [2.75, 3.05) is 0 Å². The lowest BCUT2D eigenvalue weighted by Crippen LogP contribution is -1.93.